The fourth-order valence-corrected chi connectivity index (χ4v) is 2.63. The minimum absolute atomic E-state index is 0.0557. The van der Waals surface area contributed by atoms with Gasteiger partial charge in [0, 0.05) is 10.0 Å². The van der Waals surface area contributed by atoms with Crippen LogP contribution in [-0.4, -0.2) is 18.3 Å². The molecule has 0 heterocycles. The fourth-order valence-electron chi connectivity index (χ4n) is 2.19. The minimum atomic E-state index is -0.0557. The highest BCUT2D eigenvalue weighted by atomic mass is 79.9. The highest BCUT2D eigenvalue weighted by molar-refractivity contribution is 9.10. The molecule has 1 aliphatic carbocycles. The second-order valence-electron chi connectivity index (χ2n) is 4.24. The summed E-state index contributed by atoms with van der Waals surface area (Å²) < 4.78 is 12.1. The molecule has 2 rings (SSSR count). The van der Waals surface area contributed by atoms with Crippen LogP contribution in [0, 0.1) is 0 Å². The lowest BCUT2D eigenvalue weighted by Crippen LogP contribution is -2.13. The molecule has 0 amide bonds. The molecule has 1 aromatic carbocycles. The molecule has 4 heteroatoms. The second-order valence-corrected chi connectivity index (χ2v) is 5.09. The van der Waals surface area contributed by atoms with Gasteiger partial charge in [-0.15, -0.1) is 0 Å². The third-order valence-corrected chi connectivity index (χ3v) is 3.87. The molecule has 0 bridgehead atoms. The highest BCUT2D eigenvalue weighted by Crippen LogP contribution is 2.38. The van der Waals surface area contributed by atoms with E-state index in [1.165, 1.54) is 12.8 Å². The number of aliphatic hydroxyl groups excluding tert-OH is 1. The maximum absolute atomic E-state index is 9.43. The Labute approximate surface area is 110 Å². The monoisotopic (exact) mass is 300 g/mol. The smallest absolute Gasteiger partial charge is 0.168 e. The number of hydrogen-bond donors (Lipinski definition) is 1. The van der Waals surface area contributed by atoms with E-state index < -0.39 is 0 Å². The summed E-state index contributed by atoms with van der Waals surface area (Å²) in [5, 5.41) is 9.43. The Morgan fingerprint density at radius 1 is 1.35 bits per heavy atom. The molecule has 0 aliphatic heterocycles. The van der Waals surface area contributed by atoms with Gasteiger partial charge in [-0.1, -0.05) is 15.9 Å². The van der Waals surface area contributed by atoms with Crippen molar-refractivity contribution in [2.24, 2.45) is 0 Å². The second kappa shape index (κ2) is 5.74. The van der Waals surface area contributed by atoms with Gasteiger partial charge in [0.2, 0.25) is 0 Å². The van der Waals surface area contributed by atoms with Crippen molar-refractivity contribution < 1.29 is 14.6 Å². The Morgan fingerprint density at radius 3 is 2.65 bits per heavy atom. The van der Waals surface area contributed by atoms with Crippen molar-refractivity contribution in [3.05, 3.63) is 22.2 Å². The molecular formula is C13H17BrO3. The molecule has 0 spiro atoms. The van der Waals surface area contributed by atoms with Crippen LogP contribution in [0.1, 0.15) is 31.2 Å². The van der Waals surface area contributed by atoms with Crippen LogP contribution in [0.15, 0.2) is 16.6 Å². The predicted molar refractivity (Wildman–Crippen MR) is 69.5 cm³/mol. The SMILES string of the molecule is COc1ccc(Br)c(CO)c1OC1CCCC1. The van der Waals surface area contributed by atoms with Gasteiger partial charge in [-0.25, -0.2) is 0 Å². The molecule has 0 aromatic heterocycles. The van der Waals surface area contributed by atoms with Gasteiger partial charge in [0.15, 0.2) is 11.5 Å². The number of halogens is 1. The zero-order valence-electron chi connectivity index (χ0n) is 9.91. The lowest BCUT2D eigenvalue weighted by Gasteiger charge is -2.19. The average molecular weight is 301 g/mol. The number of rotatable bonds is 4. The summed E-state index contributed by atoms with van der Waals surface area (Å²) in [6, 6.07) is 3.72. The van der Waals surface area contributed by atoms with E-state index in [9.17, 15) is 5.11 Å². The first-order chi connectivity index (χ1) is 8.26. The number of hydrogen-bond acceptors (Lipinski definition) is 3. The molecule has 1 fully saturated rings. The van der Waals surface area contributed by atoms with E-state index in [2.05, 4.69) is 15.9 Å². The van der Waals surface area contributed by atoms with E-state index in [1.54, 1.807) is 7.11 Å². The van der Waals surface area contributed by atoms with Crippen LogP contribution < -0.4 is 9.47 Å². The molecule has 1 saturated carbocycles. The van der Waals surface area contributed by atoms with E-state index in [4.69, 9.17) is 9.47 Å². The van der Waals surface area contributed by atoms with Crippen LogP contribution in [0.5, 0.6) is 11.5 Å². The van der Waals surface area contributed by atoms with Gasteiger partial charge in [-0.05, 0) is 37.8 Å². The Hall–Kier alpha value is -0.740. The molecule has 0 unspecified atom stereocenters. The van der Waals surface area contributed by atoms with Gasteiger partial charge >= 0.3 is 0 Å². The van der Waals surface area contributed by atoms with Gasteiger partial charge in [0.05, 0.1) is 19.8 Å². The van der Waals surface area contributed by atoms with E-state index in [0.29, 0.717) is 11.5 Å². The molecule has 1 aromatic rings. The van der Waals surface area contributed by atoms with Crippen molar-refractivity contribution in [2.45, 2.75) is 38.4 Å². The normalized spacial score (nSPS) is 16.2. The number of aliphatic hydroxyl groups is 1. The van der Waals surface area contributed by atoms with E-state index in [0.717, 1.165) is 22.9 Å². The average Bonchev–Trinajstić information content (AvgIpc) is 2.83. The van der Waals surface area contributed by atoms with Crippen LogP contribution in [0.2, 0.25) is 0 Å². The van der Waals surface area contributed by atoms with E-state index in [-0.39, 0.29) is 12.7 Å². The summed E-state index contributed by atoms with van der Waals surface area (Å²) in [4.78, 5) is 0. The van der Waals surface area contributed by atoms with Crippen molar-refractivity contribution in [3.63, 3.8) is 0 Å². The van der Waals surface area contributed by atoms with Crippen LogP contribution in [0.3, 0.4) is 0 Å². The quantitative estimate of drug-likeness (QED) is 0.927. The Morgan fingerprint density at radius 2 is 2.06 bits per heavy atom. The molecule has 1 aliphatic rings. The molecule has 3 nitrogen and oxygen atoms in total. The van der Waals surface area contributed by atoms with Crippen LogP contribution in [-0.2, 0) is 6.61 Å². The topological polar surface area (TPSA) is 38.7 Å². The first kappa shape index (κ1) is 12.7. The molecule has 0 atom stereocenters. The van der Waals surface area contributed by atoms with E-state index >= 15 is 0 Å². The standard InChI is InChI=1S/C13H17BrO3/c1-16-12-7-6-11(14)10(8-15)13(12)17-9-4-2-3-5-9/h6-7,9,15H,2-5,8H2,1H3. The first-order valence-electron chi connectivity index (χ1n) is 5.89. The molecule has 17 heavy (non-hydrogen) atoms. The molecular weight excluding hydrogens is 284 g/mol. The van der Waals surface area contributed by atoms with Gasteiger partial charge < -0.3 is 14.6 Å². The van der Waals surface area contributed by atoms with Crippen molar-refractivity contribution in [1.82, 2.24) is 0 Å². The maximum Gasteiger partial charge on any atom is 0.168 e. The number of methoxy groups -OCH3 is 1. The minimum Gasteiger partial charge on any atom is -0.493 e. The summed E-state index contributed by atoms with van der Waals surface area (Å²) >= 11 is 3.42. The van der Waals surface area contributed by atoms with Gasteiger partial charge in [0.25, 0.3) is 0 Å². The van der Waals surface area contributed by atoms with Crippen LogP contribution in [0.25, 0.3) is 0 Å². The summed E-state index contributed by atoms with van der Waals surface area (Å²) in [6.07, 6.45) is 4.86. The van der Waals surface area contributed by atoms with Crippen molar-refractivity contribution in [3.8, 4) is 11.5 Å². The summed E-state index contributed by atoms with van der Waals surface area (Å²) in [5.74, 6) is 1.36. The van der Waals surface area contributed by atoms with Gasteiger partial charge in [0.1, 0.15) is 0 Å². The Balaban J connectivity index is 2.30. The number of benzene rings is 1. The highest BCUT2D eigenvalue weighted by Gasteiger charge is 2.21. The molecule has 94 valence electrons. The molecule has 1 N–H and O–H groups in total. The predicted octanol–water partition coefficient (Wildman–Crippen LogP) is 3.27. The van der Waals surface area contributed by atoms with E-state index in [1.807, 2.05) is 12.1 Å². The fraction of sp³-hybridized carbons (Fsp3) is 0.538. The molecule has 0 radical (unpaired) electrons. The van der Waals surface area contributed by atoms with Crippen molar-refractivity contribution >= 4 is 15.9 Å². The lowest BCUT2D eigenvalue weighted by molar-refractivity contribution is 0.190. The lowest BCUT2D eigenvalue weighted by atomic mass is 10.2. The van der Waals surface area contributed by atoms with Crippen LogP contribution >= 0.6 is 15.9 Å². The first-order valence-corrected chi connectivity index (χ1v) is 6.68. The third-order valence-electron chi connectivity index (χ3n) is 3.13. The van der Waals surface area contributed by atoms with Crippen LogP contribution in [0.4, 0.5) is 0 Å². The summed E-state index contributed by atoms with van der Waals surface area (Å²) in [7, 11) is 1.62. The Kier molecular flexibility index (Phi) is 4.29. The van der Waals surface area contributed by atoms with Gasteiger partial charge in [-0.2, -0.15) is 0 Å². The zero-order valence-corrected chi connectivity index (χ0v) is 11.5. The van der Waals surface area contributed by atoms with Crippen molar-refractivity contribution in [1.29, 1.82) is 0 Å². The molecule has 0 saturated heterocycles. The van der Waals surface area contributed by atoms with Gasteiger partial charge in [-0.3, -0.25) is 0 Å². The number of ether oxygens (including phenoxy) is 2. The Bertz CT molecular complexity index is 386. The summed E-state index contributed by atoms with van der Waals surface area (Å²) in [5.41, 5.74) is 0.760. The maximum atomic E-state index is 9.43. The zero-order chi connectivity index (χ0) is 12.3. The summed E-state index contributed by atoms with van der Waals surface area (Å²) in [6.45, 7) is -0.0557. The third kappa shape index (κ3) is 2.75. The van der Waals surface area contributed by atoms with Crippen molar-refractivity contribution in [2.75, 3.05) is 7.11 Å². The largest absolute Gasteiger partial charge is 0.493 e.